The summed E-state index contributed by atoms with van der Waals surface area (Å²) in [5.74, 6) is -0.519. The summed E-state index contributed by atoms with van der Waals surface area (Å²) in [6, 6.07) is 8.06. The molecule has 2 heterocycles. The first kappa shape index (κ1) is 27.8. The Kier molecular flexibility index (Phi) is 7.33. The third-order valence-electron chi connectivity index (χ3n) is 7.86. The molecule has 41 heavy (non-hydrogen) atoms. The number of benzene rings is 2. The maximum atomic E-state index is 13.9. The first-order valence-electron chi connectivity index (χ1n) is 13.3. The Hall–Kier alpha value is -3.35. The van der Waals surface area contributed by atoms with Gasteiger partial charge in [-0.3, -0.25) is 0 Å². The van der Waals surface area contributed by atoms with Crippen molar-refractivity contribution >= 4 is 27.5 Å². The standard InChI is InChI=1S/C29H26F4N2O5S/c30-25(31)17-2-1-3-18(26(32)33)22(17)23-19(24(40-35-23)14-4-5-14)13-39-16-8-10-29(38,11-9-16)28-34-20-7-6-15(27(36)37)12-21(20)41-28/h1-3,6-7,12,14,16,25-26,38H,4-5,8-11,13H2,(H,36,37). The molecule has 0 atom stereocenters. The molecule has 0 saturated heterocycles. The van der Waals surface area contributed by atoms with Gasteiger partial charge in [-0.2, -0.15) is 0 Å². The van der Waals surface area contributed by atoms with Gasteiger partial charge in [-0.25, -0.2) is 27.3 Å². The largest absolute Gasteiger partial charge is 0.478 e. The molecule has 2 aromatic carbocycles. The Labute approximate surface area is 235 Å². The van der Waals surface area contributed by atoms with Gasteiger partial charge in [0.2, 0.25) is 0 Å². The third-order valence-corrected chi connectivity index (χ3v) is 9.07. The second kappa shape index (κ2) is 10.8. The van der Waals surface area contributed by atoms with Gasteiger partial charge in [0.25, 0.3) is 12.9 Å². The molecular weight excluding hydrogens is 564 g/mol. The van der Waals surface area contributed by atoms with Crippen LogP contribution in [0.3, 0.4) is 0 Å². The summed E-state index contributed by atoms with van der Waals surface area (Å²) in [5.41, 5.74) is -1.45. The lowest BCUT2D eigenvalue weighted by Crippen LogP contribution is -2.34. The van der Waals surface area contributed by atoms with Crippen LogP contribution in [-0.4, -0.2) is 32.4 Å². The van der Waals surface area contributed by atoms with Crippen molar-refractivity contribution in [2.45, 2.75) is 75.6 Å². The highest BCUT2D eigenvalue weighted by Gasteiger charge is 2.39. The van der Waals surface area contributed by atoms with Gasteiger partial charge in [0.15, 0.2) is 0 Å². The molecule has 0 radical (unpaired) electrons. The Morgan fingerprint density at radius 3 is 2.37 bits per heavy atom. The fourth-order valence-corrected chi connectivity index (χ4v) is 6.61. The number of carbonyl (C=O) groups is 1. The van der Waals surface area contributed by atoms with Crippen molar-refractivity contribution in [2.24, 2.45) is 0 Å². The summed E-state index contributed by atoms with van der Waals surface area (Å²) < 4.78 is 67.9. The second-order valence-electron chi connectivity index (χ2n) is 10.6. The van der Waals surface area contributed by atoms with E-state index < -0.39 is 35.5 Å². The van der Waals surface area contributed by atoms with Crippen LogP contribution in [0.15, 0.2) is 40.9 Å². The lowest BCUT2D eigenvalue weighted by Gasteiger charge is -2.34. The van der Waals surface area contributed by atoms with E-state index in [-0.39, 0.29) is 35.4 Å². The minimum Gasteiger partial charge on any atom is -0.478 e. The number of aromatic nitrogens is 2. The highest BCUT2D eigenvalue weighted by molar-refractivity contribution is 7.18. The Morgan fingerprint density at radius 1 is 1.07 bits per heavy atom. The maximum Gasteiger partial charge on any atom is 0.335 e. The second-order valence-corrected chi connectivity index (χ2v) is 11.6. The smallest absolute Gasteiger partial charge is 0.335 e. The zero-order valence-electron chi connectivity index (χ0n) is 21.7. The number of aliphatic hydroxyl groups is 1. The lowest BCUT2D eigenvalue weighted by atomic mass is 9.83. The van der Waals surface area contributed by atoms with Gasteiger partial charge >= 0.3 is 5.97 Å². The summed E-state index contributed by atoms with van der Waals surface area (Å²) in [5, 5.41) is 25.1. The van der Waals surface area contributed by atoms with Gasteiger partial charge in [-0.05, 0) is 56.7 Å². The number of alkyl halides is 4. The number of hydrogen-bond donors (Lipinski definition) is 2. The number of hydrogen-bond acceptors (Lipinski definition) is 7. The van der Waals surface area contributed by atoms with Crippen LogP contribution in [-0.2, 0) is 16.9 Å². The van der Waals surface area contributed by atoms with Crippen molar-refractivity contribution in [1.29, 1.82) is 0 Å². The molecule has 2 N–H and O–H groups in total. The normalized spacial score (nSPS) is 21.3. The Morgan fingerprint density at radius 2 is 1.76 bits per heavy atom. The zero-order chi connectivity index (χ0) is 28.9. The summed E-state index contributed by atoms with van der Waals surface area (Å²) >= 11 is 1.26. The molecule has 0 aliphatic heterocycles. The number of halogens is 4. The SMILES string of the molecule is O=C(O)c1ccc2nc(C3(O)CCC(OCc4c(-c5c(C(F)F)cccc5C(F)F)noc4C4CC4)CC3)sc2c1. The van der Waals surface area contributed by atoms with E-state index >= 15 is 0 Å². The molecule has 4 aromatic rings. The van der Waals surface area contributed by atoms with Crippen LogP contribution in [0, 0.1) is 0 Å². The third kappa shape index (κ3) is 5.35. The molecule has 2 fully saturated rings. The number of ether oxygens (including phenoxy) is 1. The predicted molar refractivity (Wildman–Crippen MR) is 141 cm³/mol. The van der Waals surface area contributed by atoms with Crippen molar-refractivity contribution < 1.29 is 41.8 Å². The van der Waals surface area contributed by atoms with Crippen molar-refractivity contribution in [2.75, 3.05) is 0 Å². The zero-order valence-corrected chi connectivity index (χ0v) is 22.5. The lowest BCUT2D eigenvalue weighted by molar-refractivity contribution is -0.0640. The Balaban J connectivity index is 1.21. The predicted octanol–water partition coefficient (Wildman–Crippen LogP) is 7.75. The Bertz CT molecular complexity index is 1570. The van der Waals surface area contributed by atoms with Crippen LogP contribution in [0.25, 0.3) is 21.5 Å². The number of nitrogens with zero attached hydrogens (tertiary/aromatic N) is 2. The molecule has 2 aromatic heterocycles. The van der Waals surface area contributed by atoms with E-state index in [0.717, 1.165) is 25.0 Å². The maximum absolute atomic E-state index is 13.9. The van der Waals surface area contributed by atoms with E-state index in [1.54, 1.807) is 6.07 Å². The summed E-state index contributed by atoms with van der Waals surface area (Å²) in [6.45, 7) is -0.0485. The fourth-order valence-electron chi connectivity index (χ4n) is 5.46. The summed E-state index contributed by atoms with van der Waals surface area (Å²) in [6.07, 6.45) is -2.94. The van der Waals surface area contributed by atoms with Crippen LogP contribution < -0.4 is 0 Å². The van der Waals surface area contributed by atoms with E-state index in [9.17, 15) is 32.6 Å². The number of carboxylic acids is 1. The van der Waals surface area contributed by atoms with Crippen molar-refractivity contribution in [3.05, 3.63) is 69.4 Å². The molecule has 2 saturated carbocycles. The van der Waals surface area contributed by atoms with Gasteiger partial charge < -0.3 is 19.5 Å². The van der Waals surface area contributed by atoms with E-state index in [2.05, 4.69) is 10.1 Å². The molecule has 0 amide bonds. The van der Waals surface area contributed by atoms with E-state index in [1.807, 2.05) is 0 Å². The van der Waals surface area contributed by atoms with Crippen LogP contribution >= 0.6 is 11.3 Å². The highest BCUT2D eigenvalue weighted by atomic mass is 32.1. The molecular formula is C29H26F4N2O5S. The monoisotopic (exact) mass is 590 g/mol. The quantitative estimate of drug-likeness (QED) is 0.192. The van der Waals surface area contributed by atoms with Crippen LogP contribution in [0.5, 0.6) is 0 Å². The number of fused-ring (bicyclic) bond motifs is 1. The first-order valence-corrected chi connectivity index (χ1v) is 14.1. The molecule has 216 valence electrons. The van der Waals surface area contributed by atoms with E-state index in [1.165, 1.54) is 29.5 Å². The highest BCUT2D eigenvalue weighted by Crippen LogP contribution is 2.47. The summed E-state index contributed by atoms with van der Waals surface area (Å²) in [4.78, 5) is 15.8. The van der Waals surface area contributed by atoms with E-state index in [0.29, 0.717) is 52.2 Å². The average molecular weight is 591 g/mol. The number of rotatable bonds is 9. The average Bonchev–Trinajstić information content (AvgIpc) is 3.55. The van der Waals surface area contributed by atoms with Gasteiger partial charge in [0.1, 0.15) is 22.1 Å². The van der Waals surface area contributed by atoms with Gasteiger partial charge in [0.05, 0.1) is 28.5 Å². The molecule has 0 unspecified atom stereocenters. The molecule has 0 bridgehead atoms. The molecule has 0 spiro atoms. The minimum absolute atomic E-state index is 0.0411. The van der Waals surface area contributed by atoms with Gasteiger partial charge in [-0.1, -0.05) is 23.4 Å². The number of carboxylic acid groups (broad SMARTS) is 1. The number of aromatic carboxylic acids is 1. The first-order chi connectivity index (χ1) is 19.6. The van der Waals surface area contributed by atoms with Crippen molar-refractivity contribution in [1.82, 2.24) is 10.1 Å². The topological polar surface area (TPSA) is 106 Å². The van der Waals surface area contributed by atoms with Crippen LogP contribution in [0.2, 0.25) is 0 Å². The van der Waals surface area contributed by atoms with Crippen molar-refractivity contribution in [3.8, 4) is 11.3 Å². The van der Waals surface area contributed by atoms with Gasteiger partial charge in [-0.15, -0.1) is 11.3 Å². The molecule has 2 aliphatic rings. The van der Waals surface area contributed by atoms with E-state index in [4.69, 9.17) is 9.26 Å². The summed E-state index contributed by atoms with van der Waals surface area (Å²) in [7, 11) is 0. The van der Waals surface area contributed by atoms with Crippen LogP contribution in [0.1, 0.15) is 95.1 Å². The minimum atomic E-state index is -2.98. The van der Waals surface area contributed by atoms with Crippen molar-refractivity contribution in [3.63, 3.8) is 0 Å². The molecule has 2 aliphatic carbocycles. The molecule has 7 nitrogen and oxygen atoms in total. The van der Waals surface area contributed by atoms with Gasteiger partial charge in [0, 0.05) is 28.2 Å². The molecule has 12 heteroatoms. The van der Waals surface area contributed by atoms with Crippen LogP contribution in [0.4, 0.5) is 17.6 Å². The fraction of sp³-hybridized carbons (Fsp3) is 0.414. The number of thiazole rings is 1. The molecule has 6 rings (SSSR count).